The van der Waals surface area contributed by atoms with Crippen LogP contribution in [0.1, 0.15) is 24.0 Å². The molecule has 2 heterocycles. The Hall–Kier alpha value is -3.14. The summed E-state index contributed by atoms with van der Waals surface area (Å²) in [6, 6.07) is 11.2. The van der Waals surface area contributed by atoms with E-state index in [-0.39, 0.29) is 10.6 Å². The van der Waals surface area contributed by atoms with E-state index in [1.54, 1.807) is 31.3 Å². The van der Waals surface area contributed by atoms with Gasteiger partial charge in [-0.3, -0.25) is 10.1 Å². The molecular weight excluding hydrogens is 318 g/mol. The van der Waals surface area contributed by atoms with Crippen LogP contribution in [0.25, 0.3) is 0 Å². The molecule has 0 atom stereocenters. The zero-order valence-electron chi connectivity index (χ0n) is 14.0. The van der Waals surface area contributed by atoms with E-state index in [1.165, 1.54) is 0 Å². The van der Waals surface area contributed by atoms with Gasteiger partial charge in [-0.2, -0.15) is 5.26 Å². The molecule has 1 N–H and O–H groups in total. The van der Waals surface area contributed by atoms with Gasteiger partial charge in [-0.15, -0.1) is 0 Å². The summed E-state index contributed by atoms with van der Waals surface area (Å²) in [5.74, 6) is 0.892. The first-order valence-electron chi connectivity index (χ1n) is 8.19. The van der Waals surface area contributed by atoms with Crippen molar-refractivity contribution in [3.05, 3.63) is 57.8 Å². The minimum absolute atomic E-state index is 0.146. The normalized spacial score (nSPS) is 14.8. The molecule has 0 saturated carbocycles. The summed E-state index contributed by atoms with van der Waals surface area (Å²) in [5, 5.41) is 23.2. The van der Waals surface area contributed by atoms with Gasteiger partial charge in [-0.25, -0.2) is 4.98 Å². The number of rotatable bonds is 4. The van der Waals surface area contributed by atoms with E-state index >= 15 is 0 Å². The van der Waals surface area contributed by atoms with Crippen LogP contribution in [0, 0.1) is 28.4 Å². The monoisotopic (exact) mass is 337 g/mol. The molecule has 1 saturated heterocycles. The highest BCUT2D eigenvalue weighted by Gasteiger charge is 2.20. The molecule has 0 aliphatic carbocycles. The molecule has 1 fully saturated rings. The van der Waals surface area contributed by atoms with Crippen LogP contribution in [0.5, 0.6) is 0 Å². The van der Waals surface area contributed by atoms with Gasteiger partial charge in [0.25, 0.3) is 5.69 Å². The molecule has 7 nitrogen and oxygen atoms in total. The Balaban J connectivity index is 1.58. The number of nitrogens with one attached hydrogen (secondary N) is 1. The van der Waals surface area contributed by atoms with Crippen LogP contribution >= 0.6 is 0 Å². The number of pyridine rings is 1. The second kappa shape index (κ2) is 7.18. The Kier molecular flexibility index (Phi) is 4.80. The molecule has 3 rings (SSSR count). The van der Waals surface area contributed by atoms with E-state index in [4.69, 9.17) is 5.26 Å². The van der Waals surface area contributed by atoms with Gasteiger partial charge in [0.1, 0.15) is 11.9 Å². The van der Waals surface area contributed by atoms with Crippen molar-refractivity contribution in [3.63, 3.8) is 0 Å². The summed E-state index contributed by atoms with van der Waals surface area (Å²) in [6.07, 6.45) is 3.51. The lowest BCUT2D eigenvalue weighted by Crippen LogP contribution is -2.39. The maximum atomic E-state index is 10.9. The lowest BCUT2D eigenvalue weighted by atomic mass is 10.0. The first kappa shape index (κ1) is 16.7. The number of nitrogens with zero attached hydrogens (tertiary/aromatic N) is 4. The average molecular weight is 337 g/mol. The molecule has 2 aromatic rings. The van der Waals surface area contributed by atoms with E-state index in [9.17, 15) is 10.1 Å². The molecule has 0 unspecified atom stereocenters. The smallest absolute Gasteiger partial charge is 0.272 e. The predicted molar refractivity (Wildman–Crippen MR) is 95.6 cm³/mol. The summed E-state index contributed by atoms with van der Waals surface area (Å²) in [4.78, 5) is 17.1. The minimum atomic E-state index is -0.359. The molecule has 25 heavy (non-hydrogen) atoms. The first-order valence-corrected chi connectivity index (χ1v) is 8.19. The van der Waals surface area contributed by atoms with Gasteiger partial charge in [0.15, 0.2) is 0 Å². The Bertz CT molecular complexity index is 805. The Morgan fingerprint density at radius 1 is 1.32 bits per heavy atom. The second-order valence-electron chi connectivity index (χ2n) is 6.18. The van der Waals surface area contributed by atoms with Crippen molar-refractivity contribution in [1.29, 1.82) is 5.26 Å². The van der Waals surface area contributed by atoms with Gasteiger partial charge >= 0.3 is 0 Å². The van der Waals surface area contributed by atoms with Gasteiger partial charge in [-0.1, -0.05) is 0 Å². The molecule has 0 radical (unpaired) electrons. The fourth-order valence-corrected chi connectivity index (χ4v) is 3.08. The van der Waals surface area contributed by atoms with Crippen LogP contribution in [0.4, 0.5) is 17.2 Å². The fourth-order valence-electron chi connectivity index (χ4n) is 3.08. The Morgan fingerprint density at radius 2 is 2.08 bits per heavy atom. The predicted octanol–water partition coefficient (Wildman–Crippen LogP) is 3.25. The molecule has 1 aliphatic heterocycles. The largest absolute Gasteiger partial charge is 0.382 e. The van der Waals surface area contributed by atoms with Crippen LogP contribution in [0.15, 0.2) is 36.5 Å². The van der Waals surface area contributed by atoms with Crippen LogP contribution in [-0.4, -0.2) is 29.0 Å². The van der Waals surface area contributed by atoms with Gasteiger partial charge < -0.3 is 10.2 Å². The lowest BCUT2D eigenvalue weighted by molar-refractivity contribution is -0.385. The highest BCUT2D eigenvalue weighted by molar-refractivity contribution is 5.54. The van der Waals surface area contributed by atoms with E-state index in [0.29, 0.717) is 17.2 Å². The minimum Gasteiger partial charge on any atom is -0.382 e. The molecule has 0 bridgehead atoms. The van der Waals surface area contributed by atoms with Crippen molar-refractivity contribution in [3.8, 4) is 6.07 Å². The van der Waals surface area contributed by atoms with Crippen LogP contribution in [0.2, 0.25) is 0 Å². The third kappa shape index (κ3) is 3.86. The third-order valence-corrected chi connectivity index (χ3v) is 4.46. The van der Waals surface area contributed by atoms with Crippen molar-refractivity contribution < 1.29 is 4.92 Å². The number of hydrogen-bond acceptors (Lipinski definition) is 6. The number of nitro groups is 1. The molecule has 1 aromatic carbocycles. The fraction of sp³-hybridized carbons (Fsp3) is 0.333. The maximum absolute atomic E-state index is 10.9. The summed E-state index contributed by atoms with van der Waals surface area (Å²) in [5.41, 5.74) is 2.29. The quantitative estimate of drug-likeness (QED) is 0.680. The van der Waals surface area contributed by atoms with Crippen molar-refractivity contribution in [1.82, 2.24) is 4.98 Å². The van der Waals surface area contributed by atoms with Gasteiger partial charge in [0.2, 0.25) is 0 Å². The standard InChI is InChI=1S/C18H19N5O2/c1-13-10-16(3-4-17(13)23(24)25)21-15-6-8-22(9-7-15)18-5-2-14(11-19)12-20-18/h2-5,10,12,15,21H,6-9H2,1H3. The van der Waals surface area contributed by atoms with E-state index < -0.39 is 0 Å². The zero-order valence-corrected chi connectivity index (χ0v) is 14.0. The van der Waals surface area contributed by atoms with E-state index in [0.717, 1.165) is 37.4 Å². The van der Waals surface area contributed by atoms with Gasteiger partial charge in [-0.05, 0) is 44.0 Å². The van der Waals surface area contributed by atoms with Crippen molar-refractivity contribution in [2.75, 3.05) is 23.3 Å². The first-order chi connectivity index (χ1) is 12.1. The number of aryl methyl sites for hydroxylation is 1. The SMILES string of the molecule is Cc1cc(NC2CCN(c3ccc(C#N)cn3)CC2)ccc1[N+](=O)[O-]. The Labute approximate surface area is 146 Å². The molecule has 0 amide bonds. The van der Waals surface area contributed by atoms with Crippen molar-refractivity contribution in [2.24, 2.45) is 0 Å². The number of piperidine rings is 1. The lowest BCUT2D eigenvalue weighted by Gasteiger charge is -2.33. The van der Waals surface area contributed by atoms with Crippen molar-refractivity contribution >= 4 is 17.2 Å². The third-order valence-electron chi connectivity index (χ3n) is 4.46. The Morgan fingerprint density at radius 3 is 2.64 bits per heavy atom. The van der Waals surface area contributed by atoms with Crippen LogP contribution in [-0.2, 0) is 0 Å². The summed E-state index contributed by atoms with van der Waals surface area (Å²) in [7, 11) is 0. The number of hydrogen-bond donors (Lipinski definition) is 1. The van der Waals surface area contributed by atoms with Crippen LogP contribution < -0.4 is 10.2 Å². The number of nitro benzene ring substituents is 1. The number of nitriles is 1. The molecule has 1 aliphatic rings. The number of aromatic nitrogens is 1. The van der Waals surface area contributed by atoms with Crippen molar-refractivity contribution in [2.45, 2.75) is 25.8 Å². The molecule has 7 heteroatoms. The highest BCUT2D eigenvalue weighted by atomic mass is 16.6. The van der Waals surface area contributed by atoms with E-state index in [2.05, 4.69) is 21.3 Å². The summed E-state index contributed by atoms with van der Waals surface area (Å²) < 4.78 is 0. The average Bonchev–Trinajstić information content (AvgIpc) is 2.62. The molecule has 128 valence electrons. The van der Waals surface area contributed by atoms with Gasteiger partial charge in [0.05, 0.1) is 10.5 Å². The molecule has 0 spiro atoms. The topological polar surface area (TPSA) is 95.1 Å². The summed E-state index contributed by atoms with van der Waals surface area (Å²) >= 11 is 0. The van der Waals surface area contributed by atoms with Crippen LogP contribution in [0.3, 0.4) is 0 Å². The highest BCUT2D eigenvalue weighted by Crippen LogP contribution is 2.24. The van der Waals surface area contributed by atoms with Gasteiger partial charge in [0, 0.05) is 42.6 Å². The number of anilines is 2. The molecular formula is C18H19N5O2. The van der Waals surface area contributed by atoms with E-state index in [1.807, 2.05) is 12.1 Å². The second-order valence-corrected chi connectivity index (χ2v) is 6.18. The molecule has 1 aromatic heterocycles. The summed E-state index contributed by atoms with van der Waals surface area (Å²) in [6.45, 7) is 3.51. The maximum Gasteiger partial charge on any atom is 0.272 e. The zero-order chi connectivity index (χ0) is 17.8. The number of benzene rings is 1.